The van der Waals surface area contributed by atoms with Crippen molar-refractivity contribution in [1.82, 2.24) is 19.9 Å². The lowest BCUT2D eigenvalue weighted by Crippen LogP contribution is -2.36. The number of carbonyl (C=O) groups excluding carboxylic acids is 1. The summed E-state index contributed by atoms with van der Waals surface area (Å²) >= 11 is 0. The van der Waals surface area contributed by atoms with Crippen LogP contribution in [0.4, 0.5) is 0 Å². The summed E-state index contributed by atoms with van der Waals surface area (Å²) in [6.07, 6.45) is 3.69. The van der Waals surface area contributed by atoms with Gasteiger partial charge in [0, 0.05) is 31.1 Å². The van der Waals surface area contributed by atoms with E-state index in [1.165, 1.54) is 11.1 Å². The summed E-state index contributed by atoms with van der Waals surface area (Å²) in [5.41, 5.74) is 8.93. The smallest absolute Gasteiger partial charge is 0.304 e. The molecule has 1 N–H and O–H groups in total. The van der Waals surface area contributed by atoms with Gasteiger partial charge in [0.05, 0.1) is 11.9 Å². The third kappa shape index (κ3) is 4.39. The fourth-order valence-corrected chi connectivity index (χ4v) is 5.86. The number of aryl methyl sites for hydroxylation is 3. The van der Waals surface area contributed by atoms with E-state index >= 15 is 0 Å². The SMILES string of the molecule is Cc1c2ccc3c1nnn3CCCCc1ccc(cc1)C(=O)N1CCc3ccc(cc3C1)C2CC(=O)O. The molecule has 0 aliphatic carbocycles. The number of hydrogen-bond acceptors (Lipinski definition) is 4. The first-order chi connectivity index (χ1) is 18.0. The van der Waals surface area contributed by atoms with Crippen molar-refractivity contribution in [2.24, 2.45) is 0 Å². The van der Waals surface area contributed by atoms with Crippen LogP contribution in [0.2, 0.25) is 0 Å². The predicted molar refractivity (Wildman–Crippen MR) is 141 cm³/mol. The summed E-state index contributed by atoms with van der Waals surface area (Å²) in [7, 11) is 0. The lowest BCUT2D eigenvalue weighted by atomic mass is 9.83. The molecule has 1 amide bonds. The van der Waals surface area contributed by atoms with E-state index in [1.54, 1.807) is 0 Å². The maximum Gasteiger partial charge on any atom is 0.304 e. The average Bonchev–Trinajstić information content (AvgIpc) is 3.33. The predicted octanol–water partition coefficient (Wildman–Crippen LogP) is 4.88. The van der Waals surface area contributed by atoms with Crippen molar-refractivity contribution in [3.63, 3.8) is 0 Å². The Hall–Kier alpha value is -4.00. The number of amides is 1. The molecule has 1 unspecified atom stereocenters. The van der Waals surface area contributed by atoms with Crippen LogP contribution in [0.25, 0.3) is 11.0 Å². The van der Waals surface area contributed by atoms with Crippen molar-refractivity contribution in [2.45, 2.75) is 58.0 Å². The highest BCUT2D eigenvalue weighted by molar-refractivity contribution is 5.94. The van der Waals surface area contributed by atoms with Crippen LogP contribution in [0.15, 0.2) is 54.6 Å². The number of rotatable bonds is 2. The molecule has 9 bridgehead atoms. The largest absolute Gasteiger partial charge is 0.481 e. The molecule has 188 valence electrons. The number of aliphatic carboxylic acids is 1. The number of hydrogen-bond donors (Lipinski definition) is 1. The zero-order valence-corrected chi connectivity index (χ0v) is 21.0. The van der Waals surface area contributed by atoms with Gasteiger partial charge in [-0.3, -0.25) is 9.59 Å². The van der Waals surface area contributed by atoms with E-state index < -0.39 is 5.97 Å². The molecule has 0 spiro atoms. The molecule has 1 aromatic heterocycles. The molecule has 0 radical (unpaired) electrons. The second kappa shape index (κ2) is 9.47. The minimum absolute atomic E-state index is 0.0196. The first kappa shape index (κ1) is 23.4. The molecule has 3 aromatic carbocycles. The maximum absolute atomic E-state index is 13.3. The molecule has 0 saturated carbocycles. The molecule has 0 fully saturated rings. The standard InChI is InChI=1S/C30H30N4O3/c1-19-25-11-12-27-29(19)31-32-34(27)14-3-2-4-20-5-7-22(8-6-20)30(37)33-15-13-21-9-10-23(16-24(21)18-33)26(25)17-28(35)36/h5-12,16,26H,2-4,13-15,17-18H2,1H3,(H,35,36). The number of carboxylic acids is 1. The molecular formula is C30H30N4O3. The molecule has 5 aliphatic rings. The van der Waals surface area contributed by atoms with Crippen molar-refractivity contribution < 1.29 is 14.7 Å². The van der Waals surface area contributed by atoms with Crippen LogP contribution in [0.1, 0.15) is 68.9 Å². The zero-order chi connectivity index (χ0) is 25.5. The van der Waals surface area contributed by atoms with E-state index in [4.69, 9.17) is 0 Å². The molecule has 6 heterocycles. The molecule has 7 nitrogen and oxygen atoms in total. The van der Waals surface area contributed by atoms with Crippen LogP contribution in [0, 0.1) is 6.92 Å². The van der Waals surface area contributed by atoms with Crippen molar-refractivity contribution in [3.8, 4) is 0 Å². The molecule has 0 saturated heterocycles. The lowest BCUT2D eigenvalue weighted by molar-refractivity contribution is -0.137. The van der Waals surface area contributed by atoms with Crippen LogP contribution in [-0.4, -0.2) is 43.4 Å². The van der Waals surface area contributed by atoms with E-state index in [2.05, 4.69) is 40.6 Å². The first-order valence-electron chi connectivity index (χ1n) is 13.0. The Balaban J connectivity index is 1.47. The van der Waals surface area contributed by atoms with Crippen molar-refractivity contribution >= 4 is 22.9 Å². The second-order valence-corrected chi connectivity index (χ2v) is 10.3. The maximum atomic E-state index is 13.3. The summed E-state index contributed by atoms with van der Waals surface area (Å²) in [6.45, 7) is 3.98. The van der Waals surface area contributed by atoms with Gasteiger partial charge in [-0.2, -0.15) is 0 Å². The van der Waals surface area contributed by atoms with Crippen molar-refractivity contribution in [3.05, 3.63) is 93.5 Å². The van der Waals surface area contributed by atoms with Crippen molar-refractivity contribution in [1.29, 1.82) is 0 Å². The summed E-state index contributed by atoms with van der Waals surface area (Å²) in [5, 5.41) is 18.7. The first-order valence-corrected chi connectivity index (χ1v) is 13.0. The van der Waals surface area contributed by atoms with Gasteiger partial charge in [0.2, 0.25) is 0 Å². The van der Waals surface area contributed by atoms with Crippen LogP contribution in [0.5, 0.6) is 0 Å². The van der Waals surface area contributed by atoms with E-state index in [0.29, 0.717) is 18.7 Å². The fraction of sp³-hybridized carbons (Fsp3) is 0.333. The quantitative estimate of drug-likeness (QED) is 0.429. The number of carboxylic acid groups (broad SMARTS) is 1. The van der Waals surface area contributed by atoms with Gasteiger partial charge in [-0.25, -0.2) is 4.68 Å². The highest BCUT2D eigenvalue weighted by atomic mass is 16.4. The van der Waals surface area contributed by atoms with E-state index in [-0.39, 0.29) is 18.2 Å². The molecular weight excluding hydrogens is 464 g/mol. The topological polar surface area (TPSA) is 88.3 Å². The van der Waals surface area contributed by atoms with Gasteiger partial charge >= 0.3 is 5.97 Å². The summed E-state index contributed by atoms with van der Waals surface area (Å²) in [5.74, 6) is -1.12. The number of benzene rings is 3. The van der Waals surface area contributed by atoms with Crippen LogP contribution in [0.3, 0.4) is 0 Å². The van der Waals surface area contributed by atoms with E-state index in [0.717, 1.165) is 65.5 Å². The average molecular weight is 495 g/mol. The van der Waals surface area contributed by atoms with Gasteiger partial charge in [0.1, 0.15) is 5.52 Å². The Morgan fingerprint density at radius 2 is 1.84 bits per heavy atom. The van der Waals surface area contributed by atoms with Crippen LogP contribution in [-0.2, 0) is 30.7 Å². The molecule has 9 rings (SSSR count). The van der Waals surface area contributed by atoms with Gasteiger partial charge in [0.25, 0.3) is 5.91 Å². The number of aromatic nitrogens is 3. The third-order valence-corrected chi connectivity index (χ3v) is 7.95. The minimum atomic E-state index is -0.847. The van der Waals surface area contributed by atoms with Gasteiger partial charge in [-0.05, 0) is 84.2 Å². The number of nitrogens with zero attached hydrogens (tertiary/aromatic N) is 4. The zero-order valence-electron chi connectivity index (χ0n) is 21.0. The van der Waals surface area contributed by atoms with Crippen LogP contribution >= 0.6 is 0 Å². The lowest BCUT2D eigenvalue weighted by Gasteiger charge is -2.30. The Morgan fingerprint density at radius 3 is 2.65 bits per heavy atom. The summed E-state index contributed by atoms with van der Waals surface area (Å²) in [6, 6.07) is 18.3. The molecule has 4 aromatic rings. The van der Waals surface area contributed by atoms with Crippen LogP contribution < -0.4 is 0 Å². The second-order valence-electron chi connectivity index (χ2n) is 10.3. The molecule has 1 atom stereocenters. The van der Waals surface area contributed by atoms with Crippen molar-refractivity contribution in [2.75, 3.05) is 6.54 Å². The Bertz CT molecular complexity index is 1510. The van der Waals surface area contributed by atoms with E-state index in [1.807, 2.05) is 40.8 Å². The Kier molecular flexibility index (Phi) is 5.99. The highest BCUT2D eigenvalue weighted by Gasteiger charge is 2.26. The Morgan fingerprint density at radius 1 is 1.00 bits per heavy atom. The number of carbonyl (C=O) groups is 2. The van der Waals surface area contributed by atoms with Gasteiger partial charge < -0.3 is 10.0 Å². The minimum Gasteiger partial charge on any atom is -0.481 e. The monoisotopic (exact) mass is 494 g/mol. The van der Waals surface area contributed by atoms with Gasteiger partial charge in [-0.15, -0.1) is 5.10 Å². The molecule has 7 heteroatoms. The normalized spacial score (nSPS) is 17.7. The van der Waals surface area contributed by atoms with Gasteiger partial charge in [-0.1, -0.05) is 41.6 Å². The molecule has 37 heavy (non-hydrogen) atoms. The molecule has 5 aliphatic heterocycles. The van der Waals surface area contributed by atoms with E-state index in [9.17, 15) is 14.7 Å². The van der Waals surface area contributed by atoms with Gasteiger partial charge in [0.15, 0.2) is 0 Å². The third-order valence-electron chi connectivity index (χ3n) is 7.95. The highest BCUT2D eigenvalue weighted by Crippen LogP contribution is 2.35. The summed E-state index contributed by atoms with van der Waals surface area (Å²) in [4.78, 5) is 27.2. The summed E-state index contributed by atoms with van der Waals surface area (Å²) < 4.78 is 1.95. The Labute approximate surface area is 215 Å². The fourth-order valence-electron chi connectivity index (χ4n) is 5.86.